The lowest BCUT2D eigenvalue weighted by atomic mass is 9.84. The second-order valence-corrected chi connectivity index (χ2v) is 8.32. The van der Waals surface area contributed by atoms with Crippen LogP contribution in [-0.2, 0) is 19.2 Å². The molecule has 4 nitrogen and oxygen atoms in total. The van der Waals surface area contributed by atoms with Crippen LogP contribution >= 0.6 is 12.6 Å². The Morgan fingerprint density at radius 2 is 2.11 bits per heavy atom. The molecule has 1 atom stereocenters. The zero-order chi connectivity index (χ0) is 19.9. The highest BCUT2D eigenvalue weighted by molar-refractivity contribution is 7.79. The molecule has 0 bridgehead atoms. The summed E-state index contributed by atoms with van der Waals surface area (Å²) in [5, 5.41) is 0. The normalized spacial score (nSPS) is 14.9. The number of nitrogens with two attached hydrogens (primary N) is 1. The van der Waals surface area contributed by atoms with Gasteiger partial charge in [0.05, 0.1) is 0 Å². The maximum absolute atomic E-state index is 12.1. The van der Waals surface area contributed by atoms with Gasteiger partial charge < -0.3 is 15.2 Å². The molecular weight excluding hydrogens is 354 g/mol. The van der Waals surface area contributed by atoms with Crippen molar-refractivity contribution < 1.29 is 4.79 Å². The maximum atomic E-state index is 12.1. The number of rotatable bonds is 5. The van der Waals surface area contributed by atoms with Crippen molar-refractivity contribution in [2.24, 2.45) is 18.2 Å². The fraction of sp³-hybridized carbons (Fsp3) is 0.409. The molecule has 0 saturated carbocycles. The van der Waals surface area contributed by atoms with Crippen molar-refractivity contribution in [2.45, 2.75) is 39.0 Å². The van der Waals surface area contributed by atoms with Crippen molar-refractivity contribution in [1.82, 2.24) is 4.57 Å². The van der Waals surface area contributed by atoms with Crippen LogP contribution in [0.3, 0.4) is 0 Å². The topological polar surface area (TPSA) is 51.3 Å². The standard InChI is InChI=1S/C22H29N3OS/c1-6-22(3,4)14(2)25-10-9-16-18(12-24(5)20(16)21(23)26)17-11-15(13-27)7-8-19(17)25/h6-8,11-12,14,27H,1,9-10,13H2,2-5H3,(H2,23,26)/t14-/m0/s1. The first kappa shape index (κ1) is 19.6. The number of amides is 1. The summed E-state index contributed by atoms with van der Waals surface area (Å²) in [6.45, 7) is 11.5. The highest BCUT2D eigenvalue weighted by Crippen LogP contribution is 2.42. The predicted molar refractivity (Wildman–Crippen MR) is 117 cm³/mol. The van der Waals surface area contributed by atoms with Gasteiger partial charge in [-0.25, -0.2) is 0 Å². The minimum atomic E-state index is -0.376. The number of thiol groups is 1. The van der Waals surface area contributed by atoms with Gasteiger partial charge in [-0.2, -0.15) is 12.6 Å². The first-order valence-corrected chi connectivity index (χ1v) is 9.97. The zero-order valence-corrected chi connectivity index (χ0v) is 17.5. The Morgan fingerprint density at radius 3 is 2.70 bits per heavy atom. The predicted octanol–water partition coefficient (Wildman–Crippen LogP) is 4.18. The number of fused-ring (bicyclic) bond motifs is 3. The molecule has 0 unspecified atom stereocenters. The van der Waals surface area contributed by atoms with Gasteiger partial charge in [0.1, 0.15) is 5.69 Å². The first-order chi connectivity index (χ1) is 12.7. The van der Waals surface area contributed by atoms with Crippen molar-refractivity contribution in [1.29, 1.82) is 0 Å². The van der Waals surface area contributed by atoms with Crippen LogP contribution in [0.1, 0.15) is 42.4 Å². The lowest BCUT2D eigenvalue weighted by molar-refractivity contribution is 0.0991. The number of aryl methyl sites for hydroxylation is 1. The monoisotopic (exact) mass is 383 g/mol. The van der Waals surface area contributed by atoms with Crippen molar-refractivity contribution in [3.8, 4) is 11.1 Å². The lowest BCUT2D eigenvalue weighted by Gasteiger charge is -2.40. The van der Waals surface area contributed by atoms with Gasteiger partial charge in [-0.3, -0.25) is 4.79 Å². The van der Waals surface area contributed by atoms with E-state index in [-0.39, 0.29) is 17.4 Å². The fourth-order valence-electron chi connectivity index (χ4n) is 3.96. The van der Waals surface area contributed by atoms with E-state index in [1.54, 1.807) is 0 Å². The van der Waals surface area contributed by atoms with E-state index in [1.165, 1.54) is 5.69 Å². The third-order valence-corrected chi connectivity index (χ3v) is 6.40. The van der Waals surface area contributed by atoms with E-state index in [0.29, 0.717) is 11.4 Å². The summed E-state index contributed by atoms with van der Waals surface area (Å²) >= 11 is 4.45. The van der Waals surface area contributed by atoms with Gasteiger partial charge >= 0.3 is 0 Å². The van der Waals surface area contributed by atoms with Crippen LogP contribution in [-0.4, -0.2) is 23.1 Å². The molecule has 0 fully saturated rings. The molecule has 2 N–H and O–H groups in total. The number of aromatic nitrogens is 1. The van der Waals surface area contributed by atoms with E-state index in [0.717, 1.165) is 35.2 Å². The number of carbonyl (C=O) groups excluding carboxylic acids is 1. The third kappa shape index (κ3) is 3.29. The zero-order valence-electron chi connectivity index (χ0n) is 16.6. The minimum Gasteiger partial charge on any atom is -0.367 e. The van der Waals surface area contributed by atoms with Crippen molar-refractivity contribution in [3.05, 3.63) is 53.9 Å². The van der Waals surface area contributed by atoms with Gasteiger partial charge in [-0.1, -0.05) is 26.0 Å². The smallest absolute Gasteiger partial charge is 0.265 e. The summed E-state index contributed by atoms with van der Waals surface area (Å²) in [5.41, 5.74) is 11.9. The molecule has 0 aliphatic carbocycles. The number of benzene rings is 1. The van der Waals surface area contributed by atoms with Crippen molar-refractivity contribution in [3.63, 3.8) is 0 Å². The highest BCUT2D eigenvalue weighted by atomic mass is 32.1. The molecule has 2 heterocycles. The SMILES string of the molecule is C=CC(C)(C)[C@H](C)N1CCc2c(cn(C)c2C(N)=O)-c2cc(CS)ccc21. The number of nitrogens with zero attached hydrogens (tertiary/aromatic N) is 2. The van der Waals surface area contributed by atoms with Gasteiger partial charge in [0.25, 0.3) is 5.91 Å². The molecule has 0 radical (unpaired) electrons. The van der Waals surface area contributed by atoms with Crippen LogP contribution < -0.4 is 10.6 Å². The van der Waals surface area contributed by atoms with Crippen molar-refractivity contribution in [2.75, 3.05) is 11.4 Å². The summed E-state index contributed by atoms with van der Waals surface area (Å²) < 4.78 is 1.86. The Labute approximate surface area is 167 Å². The van der Waals surface area contributed by atoms with E-state index in [1.807, 2.05) is 23.9 Å². The van der Waals surface area contributed by atoms with Crippen LogP contribution in [0, 0.1) is 5.41 Å². The lowest BCUT2D eigenvalue weighted by Crippen LogP contribution is -2.43. The average Bonchev–Trinajstić information content (AvgIpc) is 2.90. The fourth-order valence-corrected chi connectivity index (χ4v) is 4.16. The molecule has 3 rings (SSSR count). The van der Waals surface area contributed by atoms with Crippen LogP contribution in [0.25, 0.3) is 11.1 Å². The Morgan fingerprint density at radius 1 is 1.41 bits per heavy atom. The van der Waals surface area contributed by atoms with Gasteiger partial charge in [-0.15, -0.1) is 6.58 Å². The van der Waals surface area contributed by atoms with Crippen LogP contribution in [0.4, 0.5) is 5.69 Å². The van der Waals surface area contributed by atoms with Gasteiger partial charge in [-0.05, 0) is 36.6 Å². The quantitative estimate of drug-likeness (QED) is 0.601. The highest BCUT2D eigenvalue weighted by Gasteiger charge is 2.33. The molecule has 2 aromatic rings. The largest absolute Gasteiger partial charge is 0.367 e. The van der Waals surface area contributed by atoms with Gasteiger partial charge in [0.2, 0.25) is 0 Å². The molecule has 1 aliphatic heterocycles. The molecule has 1 aromatic heterocycles. The number of anilines is 1. The van der Waals surface area contributed by atoms with E-state index >= 15 is 0 Å². The van der Waals surface area contributed by atoms with E-state index in [2.05, 4.69) is 63.1 Å². The van der Waals surface area contributed by atoms with E-state index in [4.69, 9.17) is 5.73 Å². The Hall–Kier alpha value is -2.14. The number of hydrogen-bond donors (Lipinski definition) is 2. The van der Waals surface area contributed by atoms with Crippen molar-refractivity contribution >= 4 is 24.2 Å². The molecular formula is C22H29N3OS. The number of carbonyl (C=O) groups is 1. The summed E-state index contributed by atoms with van der Waals surface area (Å²) in [5.74, 6) is 0.296. The molecule has 0 saturated heterocycles. The second-order valence-electron chi connectivity index (χ2n) is 8.00. The number of hydrogen-bond acceptors (Lipinski definition) is 3. The second kappa shape index (κ2) is 7.12. The van der Waals surface area contributed by atoms with Crippen LogP contribution in [0.5, 0.6) is 0 Å². The summed E-state index contributed by atoms with van der Waals surface area (Å²) in [6.07, 6.45) is 4.83. The Bertz CT molecular complexity index is 897. The third-order valence-electron chi connectivity index (χ3n) is 6.04. The molecule has 0 spiro atoms. The van der Waals surface area contributed by atoms with Crippen LogP contribution in [0.2, 0.25) is 0 Å². The van der Waals surface area contributed by atoms with E-state index in [9.17, 15) is 4.79 Å². The minimum absolute atomic E-state index is 0.0506. The van der Waals surface area contributed by atoms with E-state index < -0.39 is 0 Å². The average molecular weight is 384 g/mol. The maximum Gasteiger partial charge on any atom is 0.265 e. The first-order valence-electron chi connectivity index (χ1n) is 9.33. The molecule has 1 aliphatic rings. The molecule has 5 heteroatoms. The molecule has 144 valence electrons. The molecule has 1 amide bonds. The number of primary amides is 1. The van der Waals surface area contributed by atoms with Gasteiger partial charge in [0, 0.05) is 53.8 Å². The Kier molecular flexibility index (Phi) is 5.17. The van der Waals surface area contributed by atoms with Gasteiger partial charge in [0.15, 0.2) is 0 Å². The summed E-state index contributed by atoms with van der Waals surface area (Å²) in [7, 11) is 1.89. The molecule has 1 aromatic carbocycles. The van der Waals surface area contributed by atoms with Crippen LogP contribution in [0.15, 0.2) is 37.1 Å². The summed E-state index contributed by atoms with van der Waals surface area (Å²) in [6, 6.07) is 6.76. The Balaban J connectivity index is 2.23. The summed E-state index contributed by atoms with van der Waals surface area (Å²) in [4.78, 5) is 14.5. The molecule has 27 heavy (non-hydrogen) atoms.